The summed E-state index contributed by atoms with van der Waals surface area (Å²) in [6.07, 6.45) is 6.03. The molecule has 2 heterocycles. The summed E-state index contributed by atoms with van der Waals surface area (Å²) in [5.74, 6) is -0.322. The van der Waals surface area contributed by atoms with E-state index in [1.54, 1.807) is 24.1 Å². The Morgan fingerprint density at radius 2 is 1.88 bits per heavy atom. The molecule has 1 amide bonds. The molecule has 0 bridgehead atoms. The summed E-state index contributed by atoms with van der Waals surface area (Å²) < 4.78 is 2.01. The fourth-order valence-electron chi connectivity index (χ4n) is 3.20. The number of pyridine rings is 1. The number of nitrogens with zero attached hydrogens (tertiary/aromatic N) is 3. The molecule has 2 aromatic heterocycles. The SMILES string of the molecule is C=CCC(C(=O)N(C)CC=C)c1c(-c2ccccc2)nc2ccccn12. The van der Waals surface area contributed by atoms with Crippen molar-refractivity contribution < 1.29 is 4.79 Å². The molecule has 1 unspecified atom stereocenters. The van der Waals surface area contributed by atoms with Gasteiger partial charge in [0.15, 0.2) is 0 Å². The molecule has 26 heavy (non-hydrogen) atoms. The van der Waals surface area contributed by atoms with Crippen LogP contribution in [-0.2, 0) is 4.79 Å². The van der Waals surface area contributed by atoms with E-state index in [0.29, 0.717) is 13.0 Å². The molecule has 132 valence electrons. The van der Waals surface area contributed by atoms with Gasteiger partial charge < -0.3 is 9.30 Å². The van der Waals surface area contributed by atoms with Crippen molar-refractivity contribution in [1.82, 2.24) is 14.3 Å². The van der Waals surface area contributed by atoms with Gasteiger partial charge in [-0.15, -0.1) is 13.2 Å². The van der Waals surface area contributed by atoms with Gasteiger partial charge in [0.1, 0.15) is 5.65 Å². The normalized spacial score (nSPS) is 11.9. The highest BCUT2D eigenvalue weighted by Crippen LogP contribution is 2.33. The summed E-state index contributed by atoms with van der Waals surface area (Å²) in [5.41, 5.74) is 3.56. The van der Waals surface area contributed by atoms with Gasteiger partial charge in [-0.3, -0.25) is 4.79 Å². The minimum Gasteiger partial charge on any atom is -0.341 e. The van der Waals surface area contributed by atoms with Crippen LogP contribution in [0.15, 0.2) is 80.0 Å². The van der Waals surface area contributed by atoms with Crippen molar-refractivity contribution in [1.29, 1.82) is 0 Å². The van der Waals surface area contributed by atoms with Gasteiger partial charge in [0.25, 0.3) is 0 Å². The lowest BCUT2D eigenvalue weighted by Crippen LogP contribution is -2.32. The van der Waals surface area contributed by atoms with Gasteiger partial charge >= 0.3 is 0 Å². The van der Waals surface area contributed by atoms with E-state index in [2.05, 4.69) is 13.2 Å². The van der Waals surface area contributed by atoms with Gasteiger partial charge in [-0.1, -0.05) is 48.6 Å². The van der Waals surface area contributed by atoms with E-state index in [9.17, 15) is 4.79 Å². The van der Waals surface area contributed by atoms with Crippen molar-refractivity contribution in [3.63, 3.8) is 0 Å². The van der Waals surface area contributed by atoms with Gasteiger partial charge in [0, 0.05) is 25.4 Å². The molecule has 0 spiro atoms. The molecule has 1 aromatic carbocycles. The van der Waals surface area contributed by atoms with Crippen molar-refractivity contribution in [2.45, 2.75) is 12.3 Å². The molecule has 0 aliphatic carbocycles. The number of imidazole rings is 1. The van der Waals surface area contributed by atoms with E-state index in [0.717, 1.165) is 22.6 Å². The molecule has 4 heteroatoms. The van der Waals surface area contributed by atoms with Crippen molar-refractivity contribution in [2.75, 3.05) is 13.6 Å². The number of amides is 1. The lowest BCUT2D eigenvalue weighted by molar-refractivity contribution is -0.131. The third kappa shape index (κ3) is 3.31. The monoisotopic (exact) mass is 345 g/mol. The number of carbonyl (C=O) groups excluding carboxylic acids is 1. The van der Waals surface area contributed by atoms with Crippen LogP contribution in [-0.4, -0.2) is 33.8 Å². The third-order valence-electron chi connectivity index (χ3n) is 4.42. The van der Waals surface area contributed by atoms with Gasteiger partial charge in [0.05, 0.1) is 17.3 Å². The van der Waals surface area contributed by atoms with Crippen LogP contribution in [0, 0.1) is 0 Å². The first-order chi connectivity index (χ1) is 12.7. The molecule has 0 saturated heterocycles. The Kier molecular flexibility index (Phi) is 5.32. The number of fused-ring (bicyclic) bond motifs is 1. The number of rotatable bonds is 7. The highest BCUT2D eigenvalue weighted by atomic mass is 16.2. The Bertz CT molecular complexity index is 927. The second kappa shape index (κ2) is 7.83. The van der Waals surface area contributed by atoms with E-state index >= 15 is 0 Å². The van der Waals surface area contributed by atoms with Gasteiger partial charge in [-0.25, -0.2) is 4.98 Å². The number of allylic oxidation sites excluding steroid dienone is 1. The van der Waals surface area contributed by atoms with Gasteiger partial charge in [-0.05, 0) is 18.6 Å². The van der Waals surface area contributed by atoms with Crippen LogP contribution < -0.4 is 0 Å². The molecule has 0 radical (unpaired) electrons. The molecule has 4 nitrogen and oxygen atoms in total. The molecule has 1 atom stereocenters. The van der Waals surface area contributed by atoms with Crippen molar-refractivity contribution in [2.24, 2.45) is 0 Å². The van der Waals surface area contributed by atoms with Crippen LogP contribution in [0.3, 0.4) is 0 Å². The molecule has 0 aliphatic rings. The summed E-state index contributed by atoms with van der Waals surface area (Å²) in [7, 11) is 1.80. The second-order valence-electron chi connectivity index (χ2n) is 6.22. The number of hydrogen-bond donors (Lipinski definition) is 0. The summed E-state index contributed by atoms with van der Waals surface area (Å²) in [6.45, 7) is 8.10. The number of benzene rings is 1. The van der Waals surface area contributed by atoms with E-state index in [4.69, 9.17) is 4.98 Å². The first-order valence-electron chi connectivity index (χ1n) is 8.66. The summed E-state index contributed by atoms with van der Waals surface area (Å²) in [5, 5.41) is 0. The average molecular weight is 345 g/mol. The van der Waals surface area contributed by atoms with Crippen LogP contribution in [0.25, 0.3) is 16.9 Å². The van der Waals surface area contributed by atoms with E-state index < -0.39 is 0 Å². The maximum absolute atomic E-state index is 13.1. The predicted molar refractivity (Wildman–Crippen MR) is 106 cm³/mol. The molecule has 0 fully saturated rings. The maximum Gasteiger partial charge on any atom is 0.232 e. The summed E-state index contributed by atoms with van der Waals surface area (Å²) in [4.78, 5) is 19.6. The average Bonchev–Trinajstić information content (AvgIpc) is 3.06. The number of aromatic nitrogens is 2. The smallest absolute Gasteiger partial charge is 0.232 e. The van der Waals surface area contributed by atoms with Gasteiger partial charge in [0.2, 0.25) is 5.91 Å². The molecular weight excluding hydrogens is 322 g/mol. The second-order valence-corrected chi connectivity index (χ2v) is 6.22. The Labute approximate surface area is 154 Å². The lowest BCUT2D eigenvalue weighted by atomic mass is 9.95. The highest BCUT2D eigenvalue weighted by molar-refractivity contribution is 5.86. The van der Waals surface area contributed by atoms with Crippen LogP contribution in [0.1, 0.15) is 18.0 Å². The Balaban J connectivity index is 2.21. The molecule has 0 N–H and O–H groups in total. The standard InChI is InChI=1S/C22H23N3O/c1-4-11-18(22(26)24(3)15-5-2)21-20(17-12-7-6-8-13-17)23-19-14-9-10-16-25(19)21/h4-10,12-14,16,18H,1-2,11,15H2,3H3. The van der Waals surface area contributed by atoms with Gasteiger partial charge in [-0.2, -0.15) is 0 Å². The lowest BCUT2D eigenvalue weighted by Gasteiger charge is -2.23. The Morgan fingerprint density at radius 1 is 1.15 bits per heavy atom. The van der Waals surface area contributed by atoms with Crippen LogP contribution >= 0.6 is 0 Å². The number of likely N-dealkylation sites (N-methyl/N-ethyl adjacent to an activating group) is 1. The highest BCUT2D eigenvalue weighted by Gasteiger charge is 2.29. The third-order valence-corrected chi connectivity index (χ3v) is 4.42. The first-order valence-corrected chi connectivity index (χ1v) is 8.66. The quantitative estimate of drug-likeness (QED) is 0.599. The minimum absolute atomic E-state index is 0.0348. The van der Waals surface area contributed by atoms with Crippen LogP contribution in [0.4, 0.5) is 0 Å². The Morgan fingerprint density at radius 3 is 2.58 bits per heavy atom. The fraction of sp³-hybridized carbons (Fsp3) is 0.182. The van der Waals surface area contributed by atoms with Crippen molar-refractivity contribution in [3.05, 3.63) is 85.7 Å². The summed E-state index contributed by atoms with van der Waals surface area (Å²) >= 11 is 0. The number of hydrogen-bond acceptors (Lipinski definition) is 2. The zero-order valence-electron chi connectivity index (χ0n) is 15.0. The van der Waals surface area contributed by atoms with Crippen LogP contribution in [0.5, 0.6) is 0 Å². The largest absolute Gasteiger partial charge is 0.341 e. The molecular formula is C22H23N3O. The van der Waals surface area contributed by atoms with E-state index in [-0.39, 0.29) is 11.8 Å². The predicted octanol–water partition coefficient (Wildman–Crippen LogP) is 4.31. The topological polar surface area (TPSA) is 37.6 Å². The first kappa shape index (κ1) is 17.7. The number of carbonyl (C=O) groups is 1. The maximum atomic E-state index is 13.1. The zero-order valence-corrected chi connectivity index (χ0v) is 15.0. The zero-order chi connectivity index (χ0) is 18.5. The van der Waals surface area contributed by atoms with Crippen molar-refractivity contribution >= 4 is 11.6 Å². The fourth-order valence-corrected chi connectivity index (χ4v) is 3.20. The minimum atomic E-state index is -0.356. The summed E-state index contributed by atoms with van der Waals surface area (Å²) in [6, 6.07) is 15.9. The van der Waals surface area contributed by atoms with Crippen molar-refractivity contribution in [3.8, 4) is 11.3 Å². The Hall–Kier alpha value is -3.14. The molecule has 3 aromatic rings. The van der Waals surface area contributed by atoms with E-state index in [1.165, 1.54) is 0 Å². The van der Waals surface area contributed by atoms with Crippen LogP contribution in [0.2, 0.25) is 0 Å². The van der Waals surface area contributed by atoms with E-state index in [1.807, 2.05) is 59.1 Å². The molecule has 0 saturated carbocycles. The molecule has 0 aliphatic heterocycles. The molecule has 3 rings (SSSR count).